The van der Waals surface area contributed by atoms with Gasteiger partial charge >= 0.3 is 6.61 Å². The van der Waals surface area contributed by atoms with E-state index in [1.807, 2.05) is 0 Å². The zero-order valence-corrected chi connectivity index (χ0v) is 12.2. The van der Waals surface area contributed by atoms with Gasteiger partial charge in [0.2, 0.25) is 0 Å². The number of para-hydroxylation sites is 1. The van der Waals surface area contributed by atoms with Gasteiger partial charge in [-0.1, -0.05) is 23.7 Å². The van der Waals surface area contributed by atoms with Crippen molar-refractivity contribution in [3.8, 4) is 11.5 Å². The molecule has 0 atom stereocenters. The van der Waals surface area contributed by atoms with Gasteiger partial charge in [-0.2, -0.15) is 8.78 Å². The Labute approximate surface area is 130 Å². The minimum Gasteiger partial charge on any atom is -0.495 e. The number of alkyl halides is 2. The number of methoxy groups -OCH3 is 1. The Bertz CT molecular complexity index is 680. The summed E-state index contributed by atoms with van der Waals surface area (Å²) in [5.41, 5.74) is 0.400. The minimum atomic E-state index is -3.01. The van der Waals surface area contributed by atoms with Crippen LogP contribution in [0, 0.1) is 0 Å². The Balaban J connectivity index is 2.21. The molecular weight excluding hydrogens is 316 g/mol. The molecule has 0 heterocycles. The number of anilines is 1. The first-order valence-electron chi connectivity index (χ1n) is 6.20. The Morgan fingerprint density at radius 1 is 1.18 bits per heavy atom. The van der Waals surface area contributed by atoms with Gasteiger partial charge < -0.3 is 14.8 Å². The maximum absolute atomic E-state index is 12.3. The number of carbonyl (C=O) groups excluding carboxylic acids is 1. The molecule has 0 aliphatic rings. The molecule has 0 aliphatic carbocycles. The van der Waals surface area contributed by atoms with Crippen LogP contribution in [0.3, 0.4) is 0 Å². The number of ether oxygens (including phenoxy) is 2. The van der Waals surface area contributed by atoms with Crippen molar-refractivity contribution in [1.29, 1.82) is 0 Å². The van der Waals surface area contributed by atoms with E-state index in [1.54, 1.807) is 18.2 Å². The van der Waals surface area contributed by atoms with E-state index >= 15 is 0 Å². The van der Waals surface area contributed by atoms with E-state index in [0.29, 0.717) is 16.5 Å². The van der Waals surface area contributed by atoms with Crippen molar-refractivity contribution < 1.29 is 23.0 Å². The summed E-state index contributed by atoms with van der Waals surface area (Å²) in [6.45, 7) is -3.01. The highest BCUT2D eigenvalue weighted by atomic mass is 35.5. The van der Waals surface area contributed by atoms with Crippen LogP contribution in [-0.4, -0.2) is 19.6 Å². The Kier molecular flexibility index (Phi) is 5.16. The third-order valence-electron chi connectivity index (χ3n) is 2.76. The van der Waals surface area contributed by atoms with Gasteiger partial charge in [-0.05, 0) is 30.3 Å². The lowest BCUT2D eigenvalue weighted by atomic mass is 10.2. The lowest BCUT2D eigenvalue weighted by Crippen LogP contribution is -2.15. The third kappa shape index (κ3) is 3.85. The van der Waals surface area contributed by atoms with E-state index < -0.39 is 12.5 Å². The molecule has 2 aromatic rings. The maximum atomic E-state index is 12.3. The molecule has 1 N–H and O–H groups in total. The van der Waals surface area contributed by atoms with Gasteiger partial charge in [-0.15, -0.1) is 0 Å². The first-order valence-corrected chi connectivity index (χ1v) is 6.58. The monoisotopic (exact) mass is 327 g/mol. The number of hydrogen-bond donors (Lipinski definition) is 1. The van der Waals surface area contributed by atoms with Crippen LogP contribution in [0.5, 0.6) is 11.5 Å². The molecule has 116 valence electrons. The van der Waals surface area contributed by atoms with E-state index in [0.717, 1.165) is 0 Å². The van der Waals surface area contributed by atoms with Crippen molar-refractivity contribution in [3.05, 3.63) is 53.1 Å². The first kappa shape index (κ1) is 16.0. The van der Waals surface area contributed by atoms with Crippen LogP contribution >= 0.6 is 11.6 Å². The van der Waals surface area contributed by atoms with E-state index in [-0.39, 0.29) is 11.3 Å². The standard InChI is InChI=1S/C15H12ClF2NO3/c1-21-13-7-6-9(8-11(13)16)19-14(20)10-4-2-3-5-12(10)22-15(17)18/h2-8,15H,1H3,(H,19,20). The number of nitrogens with one attached hydrogen (secondary N) is 1. The van der Waals surface area contributed by atoms with E-state index in [1.165, 1.54) is 31.4 Å². The van der Waals surface area contributed by atoms with Crippen molar-refractivity contribution in [1.82, 2.24) is 0 Å². The summed E-state index contributed by atoms with van der Waals surface area (Å²) in [5, 5.41) is 2.88. The summed E-state index contributed by atoms with van der Waals surface area (Å²) in [6.07, 6.45) is 0. The molecule has 1 amide bonds. The highest BCUT2D eigenvalue weighted by Crippen LogP contribution is 2.28. The Morgan fingerprint density at radius 2 is 1.91 bits per heavy atom. The average Bonchev–Trinajstić information content (AvgIpc) is 2.47. The van der Waals surface area contributed by atoms with Crippen molar-refractivity contribution in [2.24, 2.45) is 0 Å². The summed E-state index contributed by atoms with van der Waals surface area (Å²) in [6, 6.07) is 10.4. The molecule has 0 unspecified atom stereocenters. The van der Waals surface area contributed by atoms with Gasteiger partial charge in [0.15, 0.2) is 0 Å². The van der Waals surface area contributed by atoms with Gasteiger partial charge in [-0.3, -0.25) is 4.79 Å². The van der Waals surface area contributed by atoms with Gasteiger partial charge in [0.05, 0.1) is 17.7 Å². The highest BCUT2D eigenvalue weighted by Gasteiger charge is 2.15. The zero-order valence-electron chi connectivity index (χ0n) is 11.5. The SMILES string of the molecule is COc1ccc(NC(=O)c2ccccc2OC(F)F)cc1Cl. The van der Waals surface area contributed by atoms with E-state index in [2.05, 4.69) is 10.1 Å². The fraction of sp³-hybridized carbons (Fsp3) is 0.133. The van der Waals surface area contributed by atoms with Crippen LogP contribution in [0.1, 0.15) is 10.4 Å². The van der Waals surface area contributed by atoms with Crippen LogP contribution in [0.15, 0.2) is 42.5 Å². The Morgan fingerprint density at radius 3 is 2.55 bits per heavy atom. The molecule has 2 aromatic carbocycles. The fourth-order valence-electron chi connectivity index (χ4n) is 1.80. The van der Waals surface area contributed by atoms with Crippen LogP contribution in [-0.2, 0) is 0 Å². The summed E-state index contributed by atoms with van der Waals surface area (Å²) in [5.74, 6) is -0.326. The summed E-state index contributed by atoms with van der Waals surface area (Å²) in [4.78, 5) is 12.2. The lowest BCUT2D eigenvalue weighted by molar-refractivity contribution is -0.0501. The molecule has 0 aliphatic heterocycles. The average molecular weight is 328 g/mol. The number of carbonyl (C=O) groups is 1. The zero-order chi connectivity index (χ0) is 16.1. The van der Waals surface area contributed by atoms with E-state index in [9.17, 15) is 13.6 Å². The van der Waals surface area contributed by atoms with Crippen molar-refractivity contribution >= 4 is 23.2 Å². The van der Waals surface area contributed by atoms with Crippen LogP contribution < -0.4 is 14.8 Å². The minimum absolute atomic E-state index is 0.00487. The summed E-state index contributed by atoms with van der Waals surface area (Å²) < 4.78 is 34.0. The number of halogens is 3. The second kappa shape index (κ2) is 7.09. The molecule has 4 nitrogen and oxygen atoms in total. The predicted octanol–water partition coefficient (Wildman–Crippen LogP) is 4.20. The molecule has 2 rings (SSSR count). The molecule has 0 radical (unpaired) electrons. The van der Waals surface area contributed by atoms with Crippen LogP contribution in [0.25, 0.3) is 0 Å². The second-order valence-corrected chi connectivity index (χ2v) is 4.59. The van der Waals surface area contributed by atoms with Gasteiger partial charge in [0.25, 0.3) is 5.91 Å². The predicted molar refractivity (Wildman–Crippen MR) is 79.0 cm³/mol. The maximum Gasteiger partial charge on any atom is 0.387 e. The molecule has 0 saturated heterocycles. The van der Waals surface area contributed by atoms with Crippen LogP contribution in [0.4, 0.5) is 14.5 Å². The van der Waals surface area contributed by atoms with Crippen molar-refractivity contribution in [2.45, 2.75) is 6.61 Å². The Hall–Kier alpha value is -2.34. The summed E-state index contributed by atoms with van der Waals surface area (Å²) in [7, 11) is 1.47. The first-order chi connectivity index (χ1) is 10.5. The van der Waals surface area contributed by atoms with Crippen molar-refractivity contribution in [3.63, 3.8) is 0 Å². The number of benzene rings is 2. The smallest absolute Gasteiger partial charge is 0.387 e. The lowest BCUT2D eigenvalue weighted by Gasteiger charge is -2.11. The van der Waals surface area contributed by atoms with Gasteiger partial charge in [0.1, 0.15) is 11.5 Å². The summed E-state index contributed by atoms with van der Waals surface area (Å²) >= 11 is 5.96. The topological polar surface area (TPSA) is 47.6 Å². The number of rotatable bonds is 5. The van der Waals surface area contributed by atoms with Gasteiger partial charge in [0, 0.05) is 5.69 Å². The van der Waals surface area contributed by atoms with Crippen LogP contribution in [0.2, 0.25) is 5.02 Å². The molecule has 0 saturated carbocycles. The molecule has 22 heavy (non-hydrogen) atoms. The second-order valence-electron chi connectivity index (χ2n) is 4.18. The molecular formula is C15H12ClF2NO3. The largest absolute Gasteiger partial charge is 0.495 e. The third-order valence-corrected chi connectivity index (χ3v) is 3.05. The molecule has 0 spiro atoms. The van der Waals surface area contributed by atoms with Crippen molar-refractivity contribution in [2.75, 3.05) is 12.4 Å². The fourth-order valence-corrected chi connectivity index (χ4v) is 2.05. The quantitative estimate of drug-likeness (QED) is 0.895. The number of amides is 1. The molecule has 0 aromatic heterocycles. The normalized spacial score (nSPS) is 10.4. The molecule has 0 bridgehead atoms. The highest BCUT2D eigenvalue weighted by molar-refractivity contribution is 6.32. The van der Waals surface area contributed by atoms with E-state index in [4.69, 9.17) is 16.3 Å². The molecule has 7 heteroatoms. The van der Waals surface area contributed by atoms with Gasteiger partial charge in [-0.25, -0.2) is 0 Å². The number of hydrogen-bond acceptors (Lipinski definition) is 3. The molecule has 0 fully saturated rings.